The summed E-state index contributed by atoms with van der Waals surface area (Å²) in [6.45, 7) is 6.61. The Morgan fingerprint density at radius 3 is 2.39 bits per heavy atom. The maximum Gasteiger partial charge on any atom is 0.307 e. The average Bonchev–Trinajstić information content (AvgIpc) is 3.49. The van der Waals surface area contributed by atoms with Crippen LogP contribution in [0.25, 0.3) is 11.4 Å². The Balaban J connectivity index is 1.43. The summed E-state index contributed by atoms with van der Waals surface area (Å²) in [5, 5.41) is 20.3. The minimum Gasteiger partial charge on any atom is -0.442 e. The van der Waals surface area contributed by atoms with Gasteiger partial charge in [-0.25, -0.2) is 5.01 Å². The third-order valence-corrected chi connectivity index (χ3v) is 7.50. The number of ether oxygens (including phenoxy) is 1. The van der Waals surface area contributed by atoms with E-state index in [0.717, 1.165) is 16.1 Å². The highest BCUT2D eigenvalue weighted by atomic mass is 16.5. The number of amides is 2. The number of hydrazone groups is 1. The lowest BCUT2D eigenvalue weighted by atomic mass is 9.80. The molecule has 1 aliphatic rings. The van der Waals surface area contributed by atoms with Crippen molar-refractivity contribution in [3.05, 3.63) is 95.6 Å². The number of Topliss-reactive ketones (excluding diaryl/α,β-unsaturated/α-hetero) is 1. The summed E-state index contributed by atoms with van der Waals surface area (Å²) in [6.07, 6.45) is 0.189. The number of anilines is 1. The summed E-state index contributed by atoms with van der Waals surface area (Å²) in [5.41, 5.74) is 3.06. The fourth-order valence-electron chi connectivity index (χ4n) is 4.97. The second-order valence-corrected chi connectivity index (χ2v) is 11.9. The van der Waals surface area contributed by atoms with Crippen LogP contribution < -0.4 is 5.32 Å². The molecule has 3 aromatic carbocycles. The van der Waals surface area contributed by atoms with Crippen LogP contribution in [0.15, 0.2) is 84.0 Å². The van der Waals surface area contributed by atoms with Crippen molar-refractivity contribution in [2.45, 2.75) is 53.2 Å². The number of tetrazole rings is 1. The zero-order chi connectivity index (χ0) is 32.8. The minimum absolute atomic E-state index is 0.0284. The molecule has 1 aromatic heterocycles. The monoisotopic (exact) mass is 621 g/mol. The Morgan fingerprint density at radius 1 is 0.935 bits per heavy atom. The molecular weight excluding hydrogens is 586 g/mol. The molecule has 2 heterocycles. The van der Waals surface area contributed by atoms with E-state index in [1.165, 1.54) is 4.68 Å². The van der Waals surface area contributed by atoms with Gasteiger partial charge in [-0.15, -0.1) is 5.10 Å². The van der Waals surface area contributed by atoms with Gasteiger partial charge >= 0.3 is 5.97 Å². The van der Waals surface area contributed by atoms with Crippen molar-refractivity contribution in [3.63, 3.8) is 0 Å². The van der Waals surface area contributed by atoms with Crippen molar-refractivity contribution in [2.75, 3.05) is 11.9 Å². The van der Waals surface area contributed by atoms with Crippen molar-refractivity contribution < 1.29 is 23.9 Å². The zero-order valence-electron chi connectivity index (χ0n) is 26.1. The molecule has 1 N–H and O–H groups in total. The molecule has 1 atom stereocenters. The Labute approximate surface area is 266 Å². The number of hydrogen-bond donors (Lipinski definition) is 1. The Hall–Kier alpha value is -5.52. The summed E-state index contributed by atoms with van der Waals surface area (Å²) < 4.78 is 6.49. The first-order chi connectivity index (χ1) is 22.0. The van der Waals surface area contributed by atoms with Crippen molar-refractivity contribution in [3.8, 4) is 11.4 Å². The molecule has 0 saturated carbocycles. The van der Waals surface area contributed by atoms with Gasteiger partial charge in [-0.1, -0.05) is 94.4 Å². The minimum atomic E-state index is -0.829. The predicted molar refractivity (Wildman–Crippen MR) is 170 cm³/mol. The first kappa shape index (κ1) is 31.9. The first-order valence-electron chi connectivity index (χ1n) is 14.9. The number of carbonyl (C=O) groups is 4. The van der Waals surface area contributed by atoms with Crippen molar-refractivity contribution in [2.24, 2.45) is 10.5 Å². The number of hydrogen-bond acceptors (Lipinski definition) is 9. The Kier molecular flexibility index (Phi) is 9.45. The first-order valence-corrected chi connectivity index (χ1v) is 14.9. The van der Waals surface area contributed by atoms with Gasteiger partial charge in [0, 0.05) is 40.6 Å². The smallest absolute Gasteiger partial charge is 0.307 e. The largest absolute Gasteiger partial charge is 0.442 e. The number of nitrogens with one attached hydrogen (secondary N) is 1. The van der Waals surface area contributed by atoms with Crippen molar-refractivity contribution in [1.29, 1.82) is 0 Å². The lowest BCUT2D eigenvalue weighted by molar-refractivity contribution is -0.147. The van der Waals surface area contributed by atoms with Gasteiger partial charge in [0.05, 0.1) is 11.6 Å². The second-order valence-electron chi connectivity index (χ2n) is 11.9. The van der Waals surface area contributed by atoms with Gasteiger partial charge in [-0.2, -0.15) is 9.78 Å². The van der Waals surface area contributed by atoms with Crippen LogP contribution in [0.5, 0.6) is 0 Å². The molecule has 12 nitrogen and oxygen atoms in total. The van der Waals surface area contributed by atoms with Gasteiger partial charge in [0.2, 0.25) is 5.91 Å². The molecule has 2 amide bonds. The fraction of sp³-hybridized carbons (Fsp3) is 0.294. The Morgan fingerprint density at radius 2 is 1.65 bits per heavy atom. The summed E-state index contributed by atoms with van der Waals surface area (Å²) in [4.78, 5) is 52.5. The van der Waals surface area contributed by atoms with Gasteiger partial charge in [0.15, 0.2) is 12.6 Å². The highest BCUT2D eigenvalue weighted by molar-refractivity contribution is 6.16. The van der Waals surface area contributed by atoms with Crippen LogP contribution >= 0.6 is 0 Å². The number of aromatic nitrogens is 4. The van der Waals surface area contributed by atoms with Crippen LogP contribution in [0.1, 0.15) is 63.1 Å². The zero-order valence-corrected chi connectivity index (χ0v) is 26.1. The number of nitrogens with zero attached hydrogens (tertiary/aromatic N) is 6. The SMILES string of the molecule is CCC(=O)OCn1nnnc1-c1cccc(NC(=O)CN2N=C(c3ccccc3)c3ccccc3C(CC(=O)C(C)(C)C)C2=O)c1. The van der Waals surface area contributed by atoms with E-state index in [-0.39, 0.29) is 25.4 Å². The number of ketones is 1. The molecule has 0 aliphatic carbocycles. The molecule has 236 valence electrons. The molecule has 46 heavy (non-hydrogen) atoms. The number of fused-ring (bicyclic) bond motifs is 1. The summed E-state index contributed by atoms with van der Waals surface area (Å²) >= 11 is 0. The van der Waals surface area contributed by atoms with Gasteiger partial charge in [-0.3, -0.25) is 19.2 Å². The third-order valence-electron chi connectivity index (χ3n) is 7.50. The molecule has 1 aliphatic heterocycles. The summed E-state index contributed by atoms with van der Waals surface area (Å²) in [7, 11) is 0. The van der Waals surface area contributed by atoms with Crippen molar-refractivity contribution >= 4 is 35.0 Å². The lowest BCUT2D eigenvalue weighted by Crippen LogP contribution is -2.38. The standard InChI is InChI=1S/C34H35N7O5/c1-5-30(44)46-21-41-32(36-38-39-41)23-14-11-15-24(18-23)35-29(43)20-40-33(45)27(19-28(42)34(2,3)4)25-16-9-10-17-26(25)31(37-40)22-12-7-6-8-13-22/h6-18,27H,5,19-21H2,1-4H3,(H,35,43). The molecule has 0 saturated heterocycles. The molecule has 0 radical (unpaired) electrons. The maximum absolute atomic E-state index is 14.1. The topological polar surface area (TPSA) is 149 Å². The third kappa shape index (κ3) is 7.23. The van der Waals surface area contributed by atoms with Crippen LogP contribution in [0.3, 0.4) is 0 Å². The number of carbonyl (C=O) groups excluding carboxylic acids is 4. The molecule has 5 rings (SSSR count). The molecule has 4 aromatic rings. The highest BCUT2D eigenvalue weighted by Crippen LogP contribution is 2.34. The van der Waals surface area contributed by atoms with Gasteiger partial charge in [0.25, 0.3) is 5.91 Å². The van der Waals surface area contributed by atoms with Crippen LogP contribution in [0, 0.1) is 5.41 Å². The number of esters is 1. The van der Waals surface area contributed by atoms with Gasteiger partial charge in [0.1, 0.15) is 12.3 Å². The second kappa shape index (κ2) is 13.6. The van der Waals surface area contributed by atoms with E-state index in [2.05, 4.69) is 20.8 Å². The van der Waals surface area contributed by atoms with Crippen LogP contribution in [0.2, 0.25) is 0 Å². The van der Waals surface area contributed by atoms with E-state index in [0.29, 0.717) is 28.4 Å². The van der Waals surface area contributed by atoms with Crippen LogP contribution in [0.4, 0.5) is 5.69 Å². The van der Waals surface area contributed by atoms with E-state index in [1.807, 2.05) is 75.4 Å². The van der Waals surface area contributed by atoms with Gasteiger partial charge < -0.3 is 10.1 Å². The molecular formula is C34H35N7O5. The van der Waals surface area contributed by atoms with Crippen molar-refractivity contribution in [1.82, 2.24) is 25.2 Å². The van der Waals surface area contributed by atoms with E-state index in [9.17, 15) is 19.2 Å². The summed E-state index contributed by atoms with van der Waals surface area (Å²) in [6, 6.07) is 23.7. The van der Waals surface area contributed by atoms with Crippen LogP contribution in [-0.2, 0) is 30.6 Å². The lowest BCUT2D eigenvalue weighted by Gasteiger charge is -2.24. The normalized spacial score (nSPS) is 14.6. The molecule has 12 heteroatoms. The molecule has 0 fully saturated rings. The van der Waals surface area contributed by atoms with E-state index in [1.54, 1.807) is 31.2 Å². The summed E-state index contributed by atoms with van der Waals surface area (Å²) in [5.74, 6) is -1.90. The molecule has 1 unspecified atom stereocenters. The van der Waals surface area contributed by atoms with Crippen LogP contribution in [-0.4, -0.2) is 61.0 Å². The average molecular weight is 622 g/mol. The number of rotatable bonds is 10. The van der Waals surface area contributed by atoms with E-state index in [4.69, 9.17) is 9.84 Å². The van der Waals surface area contributed by atoms with E-state index >= 15 is 0 Å². The predicted octanol–water partition coefficient (Wildman–Crippen LogP) is 4.57. The van der Waals surface area contributed by atoms with E-state index < -0.39 is 35.7 Å². The Bertz CT molecular complexity index is 1790. The highest BCUT2D eigenvalue weighted by Gasteiger charge is 2.37. The number of benzene rings is 3. The quantitative estimate of drug-likeness (QED) is 0.253. The molecule has 0 spiro atoms. The van der Waals surface area contributed by atoms with Gasteiger partial charge in [-0.05, 0) is 28.1 Å². The molecule has 0 bridgehead atoms. The maximum atomic E-state index is 14.1. The fourth-order valence-corrected chi connectivity index (χ4v) is 4.97.